The predicted molar refractivity (Wildman–Crippen MR) is 213 cm³/mol. The Morgan fingerprint density at radius 3 is 2.21 bits per heavy atom. The van der Waals surface area contributed by atoms with E-state index in [0.717, 1.165) is 51.0 Å². The summed E-state index contributed by atoms with van der Waals surface area (Å²) in [6.07, 6.45) is 9.34. The van der Waals surface area contributed by atoms with Crippen molar-refractivity contribution in [2.75, 3.05) is 0 Å². The molecule has 5 nitrogen and oxygen atoms in total. The number of hydrogen-bond acceptors (Lipinski definition) is 4. The minimum absolute atomic E-state index is 0.0728. The Hall–Kier alpha value is -6.85. The molecule has 3 aromatic heterocycles. The highest BCUT2D eigenvalue weighted by Crippen LogP contribution is 2.42. The second-order valence-electron chi connectivity index (χ2n) is 13.6. The van der Waals surface area contributed by atoms with E-state index < -0.39 is 0 Å². The molecule has 5 heteroatoms. The first-order chi connectivity index (χ1) is 25.8. The summed E-state index contributed by atoms with van der Waals surface area (Å²) in [7, 11) is 0. The van der Waals surface area contributed by atoms with Crippen LogP contribution >= 0.6 is 0 Å². The van der Waals surface area contributed by atoms with Gasteiger partial charge in [0.2, 0.25) is 0 Å². The fourth-order valence-corrected chi connectivity index (χ4v) is 8.06. The Bertz CT molecular complexity index is 3110. The number of nitrogens with zero attached hydrogens (tertiary/aromatic N) is 4. The Labute approximate surface area is 298 Å². The minimum Gasteiger partial charge on any atom is -0.456 e. The molecule has 0 N–H and O–H groups in total. The molecule has 0 bridgehead atoms. The van der Waals surface area contributed by atoms with Crippen molar-refractivity contribution in [3.8, 4) is 28.5 Å². The van der Waals surface area contributed by atoms with E-state index >= 15 is 0 Å². The van der Waals surface area contributed by atoms with E-state index in [-0.39, 0.29) is 5.92 Å². The van der Waals surface area contributed by atoms with Crippen LogP contribution in [0.3, 0.4) is 0 Å². The predicted octanol–water partition coefficient (Wildman–Crippen LogP) is 12.1. The SMILES string of the molecule is C1=CCC(c2nc(-c3ccccc3)nc(-c3cccc4oc5ccc(-n6c7cc8ccccc8cc7c7c8ccccc8ccc76)cc5c34)n2)C=C1. The Morgan fingerprint density at radius 1 is 0.538 bits per heavy atom. The molecule has 11 rings (SSSR count). The van der Waals surface area contributed by atoms with Crippen molar-refractivity contribution >= 4 is 65.3 Å². The molecule has 0 saturated heterocycles. The Kier molecular flexibility index (Phi) is 6.31. The third kappa shape index (κ3) is 4.46. The van der Waals surface area contributed by atoms with Crippen LogP contribution in [-0.4, -0.2) is 19.5 Å². The van der Waals surface area contributed by atoms with Gasteiger partial charge in [-0.25, -0.2) is 15.0 Å². The summed E-state index contributed by atoms with van der Waals surface area (Å²) in [6, 6.07) is 49.3. The van der Waals surface area contributed by atoms with Gasteiger partial charge >= 0.3 is 0 Å². The maximum Gasteiger partial charge on any atom is 0.164 e. The molecule has 10 aromatic rings. The normalized spacial score (nSPS) is 14.5. The molecular formula is C47H30N4O. The van der Waals surface area contributed by atoms with Gasteiger partial charge in [0, 0.05) is 44.3 Å². The van der Waals surface area contributed by atoms with Gasteiger partial charge in [-0.1, -0.05) is 121 Å². The van der Waals surface area contributed by atoms with Gasteiger partial charge in [-0.3, -0.25) is 0 Å². The molecule has 244 valence electrons. The summed E-state index contributed by atoms with van der Waals surface area (Å²) in [5, 5.41) is 9.43. The van der Waals surface area contributed by atoms with E-state index in [9.17, 15) is 0 Å². The number of allylic oxidation sites excluding steroid dienone is 4. The van der Waals surface area contributed by atoms with Crippen molar-refractivity contribution in [3.05, 3.63) is 170 Å². The van der Waals surface area contributed by atoms with E-state index in [1.54, 1.807) is 0 Å². The van der Waals surface area contributed by atoms with Crippen molar-refractivity contribution < 1.29 is 4.42 Å². The van der Waals surface area contributed by atoms with E-state index in [0.29, 0.717) is 11.6 Å². The van der Waals surface area contributed by atoms with Crippen LogP contribution in [0.1, 0.15) is 18.2 Å². The summed E-state index contributed by atoms with van der Waals surface area (Å²) < 4.78 is 8.94. The number of benzene rings is 7. The van der Waals surface area contributed by atoms with E-state index in [1.165, 1.54) is 43.4 Å². The molecule has 52 heavy (non-hydrogen) atoms. The highest BCUT2D eigenvalue weighted by Gasteiger charge is 2.22. The molecule has 0 aliphatic heterocycles. The molecule has 0 radical (unpaired) electrons. The van der Waals surface area contributed by atoms with Crippen LogP contribution in [0, 0.1) is 0 Å². The van der Waals surface area contributed by atoms with E-state index in [1.807, 2.05) is 30.3 Å². The van der Waals surface area contributed by atoms with Crippen LogP contribution in [0.15, 0.2) is 168 Å². The molecule has 1 unspecified atom stereocenters. The average Bonchev–Trinajstić information content (AvgIpc) is 3.75. The highest BCUT2D eigenvalue weighted by atomic mass is 16.3. The lowest BCUT2D eigenvalue weighted by atomic mass is 9.99. The van der Waals surface area contributed by atoms with Crippen LogP contribution in [-0.2, 0) is 0 Å². The first-order valence-corrected chi connectivity index (χ1v) is 17.7. The third-order valence-corrected chi connectivity index (χ3v) is 10.5. The smallest absolute Gasteiger partial charge is 0.164 e. The number of furan rings is 1. The van der Waals surface area contributed by atoms with Gasteiger partial charge in [-0.2, -0.15) is 0 Å². The van der Waals surface area contributed by atoms with Crippen LogP contribution in [0.5, 0.6) is 0 Å². The summed E-state index contributed by atoms with van der Waals surface area (Å²) in [4.78, 5) is 15.3. The van der Waals surface area contributed by atoms with Gasteiger partial charge < -0.3 is 8.98 Å². The van der Waals surface area contributed by atoms with E-state index in [4.69, 9.17) is 19.4 Å². The summed E-state index contributed by atoms with van der Waals surface area (Å²) in [5.41, 5.74) is 6.90. The molecule has 7 aromatic carbocycles. The fourth-order valence-electron chi connectivity index (χ4n) is 8.06. The molecule has 3 heterocycles. The second-order valence-corrected chi connectivity index (χ2v) is 13.6. The first-order valence-electron chi connectivity index (χ1n) is 17.7. The van der Waals surface area contributed by atoms with Gasteiger partial charge in [0.05, 0.1) is 11.0 Å². The molecule has 1 atom stereocenters. The number of aromatic nitrogens is 4. The lowest BCUT2D eigenvalue weighted by Crippen LogP contribution is -2.07. The summed E-state index contributed by atoms with van der Waals surface area (Å²) in [5.74, 6) is 2.14. The van der Waals surface area contributed by atoms with Crippen LogP contribution < -0.4 is 0 Å². The summed E-state index contributed by atoms with van der Waals surface area (Å²) >= 11 is 0. The van der Waals surface area contributed by atoms with Crippen molar-refractivity contribution in [3.63, 3.8) is 0 Å². The largest absolute Gasteiger partial charge is 0.456 e. The zero-order chi connectivity index (χ0) is 34.2. The quantitative estimate of drug-likeness (QED) is 0.188. The number of fused-ring (bicyclic) bond motifs is 9. The number of rotatable bonds is 4. The third-order valence-electron chi connectivity index (χ3n) is 10.5. The second kappa shape index (κ2) is 11.3. The zero-order valence-corrected chi connectivity index (χ0v) is 28.1. The summed E-state index contributed by atoms with van der Waals surface area (Å²) in [6.45, 7) is 0. The first kappa shape index (κ1) is 28.9. The van der Waals surface area contributed by atoms with Gasteiger partial charge in [0.25, 0.3) is 0 Å². The van der Waals surface area contributed by atoms with Gasteiger partial charge in [-0.05, 0) is 70.4 Å². The van der Waals surface area contributed by atoms with Crippen molar-refractivity contribution in [2.45, 2.75) is 12.3 Å². The molecule has 0 saturated carbocycles. The molecule has 0 amide bonds. The Balaban J connectivity index is 1.18. The maximum atomic E-state index is 6.54. The van der Waals surface area contributed by atoms with Crippen LogP contribution in [0.25, 0.3) is 93.8 Å². The fraction of sp³-hybridized carbons (Fsp3) is 0.0426. The zero-order valence-electron chi connectivity index (χ0n) is 28.1. The molecule has 0 fully saturated rings. The van der Waals surface area contributed by atoms with Crippen LogP contribution in [0.4, 0.5) is 0 Å². The van der Waals surface area contributed by atoms with Crippen molar-refractivity contribution in [1.82, 2.24) is 19.5 Å². The molecule has 1 aliphatic carbocycles. The van der Waals surface area contributed by atoms with E-state index in [2.05, 4.69) is 138 Å². The lowest BCUT2D eigenvalue weighted by Gasteiger charge is -2.14. The number of hydrogen-bond donors (Lipinski definition) is 0. The average molecular weight is 667 g/mol. The van der Waals surface area contributed by atoms with Gasteiger partial charge in [-0.15, -0.1) is 0 Å². The molecule has 0 spiro atoms. The van der Waals surface area contributed by atoms with Crippen LogP contribution in [0.2, 0.25) is 0 Å². The lowest BCUT2D eigenvalue weighted by molar-refractivity contribution is 0.669. The topological polar surface area (TPSA) is 56.7 Å². The minimum atomic E-state index is 0.0728. The highest BCUT2D eigenvalue weighted by molar-refractivity contribution is 6.23. The van der Waals surface area contributed by atoms with Gasteiger partial charge in [0.1, 0.15) is 17.0 Å². The maximum absolute atomic E-state index is 6.54. The monoisotopic (exact) mass is 666 g/mol. The molecule has 1 aliphatic rings. The van der Waals surface area contributed by atoms with Crippen molar-refractivity contribution in [2.24, 2.45) is 0 Å². The Morgan fingerprint density at radius 2 is 1.35 bits per heavy atom. The molecular weight excluding hydrogens is 637 g/mol. The van der Waals surface area contributed by atoms with Gasteiger partial charge in [0.15, 0.2) is 11.6 Å². The van der Waals surface area contributed by atoms with Crippen molar-refractivity contribution in [1.29, 1.82) is 0 Å². The standard InChI is InChI=1S/C47H30N4O/c1-3-13-30(14-4-1)45-48-46(31-15-5-2-6-16-31)50-47(49-45)36-20-11-21-42-44(36)38-28-34(23-25-41(38)52-42)51-39-24-22-29-12-9-10-19-35(29)43(39)37-26-32-17-7-8-18-33(32)27-40(37)51/h1-15,17-28,31H,16H2.